The molecule has 0 bridgehead atoms. The van der Waals surface area contributed by atoms with E-state index in [-0.39, 0.29) is 5.41 Å². The molecule has 4 heteroatoms. The molecule has 6 atom stereocenters. The van der Waals surface area contributed by atoms with Gasteiger partial charge in [-0.15, -0.1) is 0 Å². The van der Waals surface area contributed by atoms with E-state index < -0.39 is 0 Å². The monoisotopic (exact) mass is 386 g/mol. The number of ketones is 1. The first kappa shape index (κ1) is 19.1. The highest BCUT2D eigenvalue weighted by Crippen LogP contribution is 2.65. The van der Waals surface area contributed by atoms with Crippen LogP contribution in [-0.4, -0.2) is 30.7 Å². The zero-order chi connectivity index (χ0) is 19.4. The third kappa shape index (κ3) is 2.97. The molecule has 28 heavy (non-hydrogen) atoms. The van der Waals surface area contributed by atoms with Crippen LogP contribution >= 0.6 is 0 Å². The number of carbonyl (C=O) groups excluding carboxylic acids is 1. The largest absolute Gasteiger partial charge is 0.392 e. The van der Waals surface area contributed by atoms with Crippen LogP contribution in [0.1, 0.15) is 84.5 Å². The number of hydrogen-bond acceptors (Lipinski definition) is 4. The second-order valence-electron chi connectivity index (χ2n) is 11.0. The highest BCUT2D eigenvalue weighted by molar-refractivity contribution is 5.87. The zero-order valence-corrected chi connectivity index (χ0v) is 17.8. The molecule has 1 saturated heterocycles. The molecule has 1 N–H and O–H groups in total. The number of rotatable bonds is 2. The molecule has 5 fully saturated rings. The molecule has 5 rings (SSSR count). The number of nitrogens with zero attached hydrogens (tertiary/aromatic N) is 1. The highest BCUT2D eigenvalue weighted by Gasteiger charge is 2.60. The van der Waals surface area contributed by atoms with Gasteiger partial charge in [-0.05, 0) is 106 Å². The lowest BCUT2D eigenvalue weighted by Gasteiger charge is -2.59. The van der Waals surface area contributed by atoms with Crippen LogP contribution in [0.15, 0.2) is 5.16 Å². The number of nitrogens with one attached hydrogen (secondary N) is 1. The van der Waals surface area contributed by atoms with E-state index in [0.717, 1.165) is 75.8 Å². The van der Waals surface area contributed by atoms with E-state index in [9.17, 15) is 4.79 Å². The van der Waals surface area contributed by atoms with Gasteiger partial charge in [0.25, 0.3) is 0 Å². The molecular formula is C24H38N2O2. The topological polar surface area (TPSA) is 50.7 Å². The Morgan fingerprint density at radius 1 is 0.964 bits per heavy atom. The number of Topliss-reactive ketones (excluding diaryl/α,β-unsaturated/α-hetero) is 1. The van der Waals surface area contributed by atoms with E-state index in [1.165, 1.54) is 31.4 Å². The third-order valence-electron chi connectivity index (χ3n) is 9.83. The van der Waals surface area contributed by atoms with Crippen molar-refractivity contribution < 1.29 is 9.63 Å². The predicted octanol–water partition coefficient (Wildman–Crippen LogP) is 4.72. The summed E-state index contributed by atoms with van der Waals surface area (Å²) >= 11 is 0. The molecule has 0 aromatic heterocycles. The summed E-state index contributed by atoms with van der Waals surface area (Å²) in [6, 6.07) is 0. The van der Waals surface area contributed by atoms with E-state index in [4.69, 9.17) is 4.84 Å². The summed E-state index contributed by atoms with van der Waals surface area (Å²) in [5.41, 5.74) is 1.77. The molecule has 4 saturated carbocycles. The average Bonchev–Trinajstić information content (AvgIpc) is 3.02. The molecule has 0 radical (unpaired) electrons. The molecule has 0 amide bonds. The Morgan fingerprint density at radius 3 is 2.61 bits per heavy atom. The van der Waals surface area contributed by atoms with E-state index in [1.807, 2.05) is 0 Å². The summed E-state index contributed by atoms with van der Waals surface area (Å²) in [5.74, 6) is 3.60. The molecule has 156 valence electrons. The van der Waals surface area contributed by atoms with Gasteiger partial charge in [-0.3, -0.25) is 4.79 Å². The molecule has 0 aromatic rings. The normalized spacial score (nSPS) is 48.1. The van der Waals surface area contributed by atoms with Gasteiger partial charge in [0.05, 0.1) is 5.71 Å². The number of hydrogen-bond donors (Lipinski definition) is 1. The van der Waals surface area contributed by atoms with Crippen molar-refractivity contribution in [2.24, 2.45) is 39.7 Å². The fraction of sp³-hybridized carbons (Fsp3) is 0.917. The first-order valence-corrected chi connectivity index (χ1v) is 12.0. The summed E-state index contributed by atoms with van der Waals surface area (Å²) in [6.45, 7) is 6.99. The summed E-state index contributed by atoms with van der Waals surface area (Å²) in [6.07, 6.45) is 13.1. The fourth-order valence-electron chi connectivity index (χ4n) is 7.96. The Morgan fingerprint density at radius 2 is 1.79 bits per heavy atom. The SMILES string of the molecule is C[C@]12CC/C(=N/OC3CCNCC3)CC1CCC1C2CC[C@]2(C)C(=O)CCC12. The van der Waals surface area contributed by atoms with Crippen molar-refractivity contribution in [3.63, 3.8) is 0 Å². The Kier molecular flexibility index (Phi) is 4.84. The fourth-order valence-corrected chi connectivity index (χ4v) is 7.96. The minimum Gasteiger partial charge on any atom is -0.392 e. The van der Waals surface area contributed by atoms with Crippen molar-refractivity contribution in [1.29, 1.82) is 0 Å². The predicted molar refractivity (Wildman–Crippen MR) is 111 cm³/mol. The molecule has 4 nitrogen and oxygen atoms in total. The second-order valence-corrected chi connectivity index (χ2v) is 11.0. The van der Waals surface area contributed by atoms with Gasteiger partial charge in [0.2, 0.25) is 0 Å². The number of piperidine rings is 1. The van der Waals surface area contributed by atoms with Gasteiger partial charge in [0, 0.05) is 11.8 Å². The maximum absolute atomic E-state index is 12.6. The van der Waals surface area contributed by atoms with Gasteiger partial charge in [0.15, 0.2) is 0 Å². The van der Waals surface area contributed by atoms with Crippen LogP contribution in [0.4, 0.5) is 0 Å². The second kappa shape index (κ2) is 7.11. The summed E-state index contributed by atoms with van der Waals surface area (Å²) < 4.78 is 0. The van der Waals surface area contributed by atoms with E-state index in [0.29, 0.717) is 23.2 Å². The average molecular weight is 387 g/mol. The number of carbonyl (C=O) groups is 1. The van der Waals surface area contributed by atoms with E-state index in [1.54, 1.807) is 0 Å². The number of oxime groups is 1. The van der Waals surface area contributed by atoms with Crippen LogP contribution in [-0.2, 0) is 9.63 Å². The molecular weight excluding hydrogens is 348 g/mol. The Bertz CT molecular complexity index is 655. The van der Waals surface area contributed by atoms with Crippen molar-refractivity contribution in [2.75, 3.05) is 13.1 Å². The van der Waals surface area contributed by atoms with Gasteiger partial charge < -0.3 is 10.2 Å². The minimum atomic E-state index is 0.00828. The third-order valence-corrected chi connectivity index (χ3v) is 9.83. The smallest absolute Gasteiger partial charge is 0.139 e. The molecule has 4 unspecified atom stereocenters. The first-order valence-electron chi connectivity index (χ1n) is 12.0. The lowest BCUT2D eigenvalue weighted by molar-refractivity contribution is -0.137. The van der Waals surface area contributed by atoms with Crippen molar-refractivity contribution in [3.05, 3.63) is 0 Å². The minimum absolute atomic E-state index is 0.00828. The quantitative estimate of drug-likeness (QED) is 0.699. The van der Waals surface area contributed by atoms with Gasteiger partial charge in [-0.25, -0.2) is 0 Å². The van der Waals surface area contributed by atoms with Gasteiger partial charge >= 0.3 is 0 Å². The van der Waals surface area contributed by atoms with Crippen LogP contribution in [0.5, 0.6) is 0 Å². The lowest BCUT2D eigenvalue weighted by atomic mass is 9.45. The van der Waals surface area contributed by atoms with Crippen molar-refractivity contribution in [1.82, 2.24) is 5.32 Å². The molecule has 4 aliphatic carbocycles. The molecule has 1 heterocycles. The van der Waals surface area contributed by atoms with Gasteiger partial charge in [-0.1, -0.05) is 19.0 Å². The summed E-state index contributed by atoms with van der Waals surface area (Å²) in [7, 11) is 0. The number of fused-ring (bicyclic) bond motifs is 5. The van der Waals surface area contributed by atoms with Crippen LogP contribution < -0.4 is 5.32 Å². The summed E-state index contributed by atoms with van der Waals surface area (Å²) in [4.78, 5) is 18.5. The van der Waals surface area contributed by atoms with E-state index in [2.05, 4.69) is 24.3 Å². The maximum atomic E-state index is 12.6. The van der Waals surface area contributed by atoms with Crippen molar-refractivity contribution in [3.8, 4) is 0 Å². The Balaban J connectivity index is 1.28. The van der Waals surface area contributed by atoms with Gasteiger partial charge in [-0.2, -0.15) is 0 Å². The van der Waals surface area contributed by atoms with Crippen LogP contribution in [0.3, 0.4) is 0 Å². The standard InChI is InChI=1S/C24H38N2O2/c1-23-11-7-17(26-28-18-9-13-25-14-10-18)15-16(23)3-4-19-20-5-6-22(27)24(20,2)12-8-21(19)23/h16,18-21,25H,3-15H2,1-2H3/b26-17-/t16?,19?,20?,21?,23-,24-/m0/s1. The zero-order valence-electron chi connectivity index (χ0n) is 17.8. The molecule has 0 spiro atoms. The summed E-state index contributed by atoms with van der Waals surface area (Å²) in [5, 5.41) is 8.04. The van der Waals surface area contributed by atoms with Crippen LogP contribution in [0.2, 0.25) is 0 Å². The highest BCUT2D eigenvalue weighted by atomic mass is 16.6. The Labute approximate surface area is 170 Å². The lowest BCUT2D eigenvalue weighted by Crippen LogP contribution is -2.53. The van der Waals surface area contributed by atoms with Crippen LogP contribution in [0, 0.1) is 34.5 Å². The Hall–Kier alpha value is -0.900. The molecule has 1 aliphatic heterocycles. The molecule has 5 aliphatic rings. The first-order chi connectivity index (χ1) is 13.5. The van der Waals surface area contributed by atoms with Crippen molar-refractivity contribution >= 4 is 11.5 Å². The van der Waals surface area contributed by atoms with Crippen molar-refractivity contribution in [2.45, 2.75) is 90.6 Å². The van der Waals surface area contributed by atoms with E-state index >= 15 is 0 Å². The van der Waals surface area contributed by atoms with Crippen LogP contribution in [0.25, 0.3) is 0 Å². The molecule has 0 aromatic carbocycles. The van der Waals surface area contributed by atoms with Gasteiger partial charge in [0.1, 0.15) is 11.9 Å². The maximum Gasteiger partial charge on any atom is 0.139 e.